The van der Waals surface area contributed by atoms with Crippen LogP contribution in [0.2, 0.25) is 0 Å². The average Bonchev–Trinajstić information content (AvgIpc) is 3.52. The molecular weight excluding hydrogens is 460 g/mol. The first-order valence-electron chi connectivity index (χ1n) is 12.2. The molecule has 0 spiro atoms. The van der Waals surface area contributed by atoms with Gasteiger partial charge in [0.15, 0.2) is 0 Å². The Morgan fingerprint density at radius 1 is 1.23 bits per heavy atom. The van der Waals surface area contributed by atoms with E-state index in [0.717, 1.165) is 39.7 Å². The lowest BCUT2D eigenvalue weighted by atomic mass is 10.0. The number of urea groups is 1. The zero-order valence-electron chi connectivity index (χ0n) is 20.5. The lowest BCUT2D eigenvalue weighted by Gasteiger charge is -2.28. The molecule has 0 radical (unpaired) electrons. The van der Waals surface area contributed by atoms with Gasteiger partial charge in [-0.2, -0.15) is 0 Å². The van der Waals surface area contributed by atoms with Gasteiger partial charge in [-0.15, -0.1) is 11.3 Å². The largest absolute Gasteiger partial charge is 0.489 e. The third-order valence-electron chi connectivity index (χ3n) is 6.50. The number of rotatable bonds is 6. The first kappa shape index (κ1) is 23.6. The third kappa shape index (κ3) is 4.99. The molecule has 1 saturated heterocycles. The Morgan fingerprint density at radius 3 is 2.83 bits per heavy atom. The maximum absolute atomic E-state index is 12.8. The van der Waals surface area contributed by atoms with Crippen LogP contribution in [-0.4, -0.2) is 55.4 Å². The highest BCUT2D eigenvalue weighted by atomic mass is 32.1. The van der Waals surface area contributed by atoms with Crippen molar-refractivity contribution in [3.05, 3.63) is 53.7 Å². The summed E-state index contributed by atoms with van der Waals surface area (Å²) in [5.41, 5.74) is 5.75. The summed E-state index contributed by atoms with van der Waals surface area (Å²) in [5, 5.41) is 7.45. The standard InChI is InChI=1S/C27H32N4O3S/c1-17(2)34-24-10-7-18(15-23(24)28-3)26-29-16-25(35-26)21-6-4-5-20-19(21)8-9-22(20)30-27(32)31-11-13-33-14-12-31/h4-7,10,15-17,22,28H,8-9,11-14H2,1-3H3,(H,30,32)/t22-/m0/s1. The van der Waals surface area contributed by atoms with Gasteiger partial charge >= 0.3 is 6.03 Å². The summed E-state index contributed by atoms with van der Waals surface area (Å²) >= 11 is 1.69. The minimum absolute atomic E-state index is 0.00172. The lowest BCUT2D eigenvalue weighted by Crippen LogP contribution is -2.46. The number of nitrogens with one attached hydrogen (secondary N) is 2. The fourth-order valence-corrected chi connectivity index (χ4v) is 5.75. The second-order valence-corrected chi connectivity index (χ2v) is 10.2. The number of amides is 2. The Morgan fingerprint density at radius 2 is 2.06 bits per heavy atom. The van der Waals surface area contributed by atoms with Crippen molar-refractivity contribution in [2.75, 3.05) is 38.7 Å². The van der Waals surface area contributed by atoms with Gasteiger partial charge in [-0.25, -0.2) is 9.78 Å². The van der Waals surface area contributed by atoms with Crippen LogP contribution in [0, 0.1) is 0 Å². The number of hydrogen-bond acceptors (Lipinski definition) is 6. The smallest absolute Gasteiger partial charge is 0.318 e. The highest BCUT2D eigenvalue weighted by molar-refractivity contribution is 7.18. The first-order valence-corrected chi connectivity index (χ1v) is 13.0. The Kier molecular flexibility index (Phi) is 6.92. The van der Waals surface area contributed by atoms with Crippen molar-refractivity contribution in [3.63, 3.8) is 0 Å². The molecular formula is C27H32N4O3S. The molecule has 2 aliphatic rings. The second kappa shape index (κ2) is 10.3. The average molecular weight is 493 g/mol. The van der Waals surface area contributed by atoms with Gasteiger partial charge < -0.3 is 25.0 Å². The summed E-state index contributed by atoms with van der Waals surface area (Å²) in [6, 6.07) is 12.6. The number of ether oxygens (including phenoxy) is 2. The van der Waals surface area contributed by atoms with Crippen LogP contribution >= 0.6 is 11.3 Å². The highest BCUT2D eigenvalue weighted by Gasteiger charge is 2.28. The van der Waals surface area contributed by atoms with E-state index in [1.165, 1.54) is 16.7 Å². The fourth-order valence-electron chi connectivity index (χ4n) is 4.79. The van der Waals surface area contributed by atoms with E-state index in [9.17, 15) is 4.79 Å². The van der Waals surface area contributed by atoms with Gasteiger partial charge in [-0.1, -0.05) is 18.2 Å². The van der Waals surface area contributed by atoms with Crippen molar-refractivity contribution in [2.45, 2.75) is 38.8 Å². The number of nitrogens with zero attached hydrogens (tertiary/aromatic N) is 2. The van der Waals surface area contributed by atoms with E-state index in [0.29, 0.717) is 26.3 Å². The number of morpholine rings is 1. The van der Waals surface area contributed by atoms with Gasteiger partial charge in [0.05, 0.1) is 35.9 Å². The van der Waals surface area contributed by atoms with Crippen LogP contribution in [0.25, 0.3) is 21.0 Å². The number of thiazole rings is 1. The van der Waals surface area contributed by atoms with Crippen LogP contribution in [0.1, 0.15) is 37.4 Å². The molecule has 7 nitrogen and oxygen atoms in total. The molecule has 1 fully saturated rings. The molecule has 5 rings (SSSR count). The summed E-state index contributed by atoms with van der Waals surface area (Å²) in [6.45, 7) is 6.56. The molecule has 2 heterocycles. The summed E-state index contributed by atoms with van der Waals surface area (Å²) in [6.07, 6.45) is 3.93. The van der Waals surface area contributed by atoms with Gasteiger partial charge in [-0.05, 0) is 61.6 Å². The Hall–Kier alpha value is -3.10. The monoisotopic (exact) mass is 492 g/mol. The maximum Gasteiger partial charge on any atom is 0.318 e. The number of benzene rings is 2. The van der Waals surface area contributed by atoms with Crippen molar-refractivity contribution in [3.8, 4) is 26.8 Å². The van der Waals surface area contributed by atoms with Crippen LogP contribution in [0.5, 0.6) is 5.75 Å². The maximum atomic E-state index is 12.8. The van der Waals surface area contributed by atoms with Crippen molar-refractivity contribution < 1.29 is 14.3 Å². The van der Waals surface area contributed by atoms with E-state index in [2.05, 4.69) is 41.0 Å². The number of anilines is 1. The summed E-state index contributed by atoms with van der Waals surface area (Å²) < 4.78 is 11.3. The van der Waals surface area contributed by atoms with Gasteiger partial charge in [-0.3, -0.25) is 0 Å². The lowest BCUT2D eigenvalue weighted by molar-refractivity contribution is 0.0525. The number of carbonyl (C=O) groups excluding carboxylic acids is 1. The molecule has 35 heavy (non-hydrogen) atoms. The predicted octanol–water partition coefficient (Wildman–Crippen LogP) is 5.34. The van der Waals surface area contributed by atoms with Crippen molar-refractivity contribution in [1.82, 2.24) is 15.2 Å². The molecule has 1 aliphatic carbocycles. The Balaban J connectivity index is 1.36. The zero-order chi connectivity index (χ0) is 24.4. The SMILES string of the molecule is CNc1cc(-c2ncc(-c3cccc4c3CC[C@@H]4NC(=O)N3CCOCC3)s2)ccc1OC(C)C. The van der Waals surface area contributed by atoms with Crippen LogP contribution in [0.3, 0.4) is 0 Å². The first-order chi connectivity index (χ1) is 17.0. The second-order valence-electron chi connectivity index (χ2n) is 9.17. The van der Waals surface area contributed by atoms with Crippen molar-refractivity contribution >= 4 is 23.1 Å². The highest BCUT2D eigenvalue weighted by Crippen LogP contribution is 2.41. The van der Waals surface area contributed by atoms with E-state index < -0.39 is 0 Å². The summed E-state index contributed by atoms with van der Waals surface area (Å²) in [4.78, 5) is 20.5. The summed E-state index contributed by atoms with van der Waals surface area (Å²) in [7, 11) is 1.90. The molecule has 0 unspecified atom stereocenters. The predicted molar refractivity (Wildman–Crippen MR) is 140 cm³/mol. The van der Waals surface area contributed by atoms with Gasteiger partial charge in [0.25, 0.3) is 0 Å². The van der Waals surface area contributed by atoms with E-state index in [4.69, 9.17) is 14.5 Å². The molecule has 1 atom stereocenters. The number of aromatic nitrogens is 1. The van der Waals surface area contributed by atoms with Crippen LogP contribution in [-0.2, 0) is 11.2 Å². The normalized spacial score (nSPS) is 17.4. The Labute approximate surface area is 210 Å². The minimum atomic E-state index is 0.00172. The molecule has 1 aromatic heterocycles. The van der Waals surface area contributed by atoms with E-state index in [-0.39, 0.29) is 18.2 Å². The molecule has 3 aromatic rings. The van der Waals surface area contributed by atoms with Gasteiger partial charge in [0.2, 0.25) is 0 Å². The van der Waals surface area contributed by atoms with E-state index in [1.54, 1.807) is 11.3 Å². The Bertz CT molecular complexity index is 1200. The van der Waals surface area contributed by atoms with Crippen LogP contribution < -0.4 is 15.4 Å². The molecule has 2 aromatic carbocycles. The molecule has 1 aliphatic heterocycles. The molecule has 0 bridgehead atoms. The zero-order valence-corrected chi connectivity index (χ0v) is 21.3. The number of fused-ring (bicyclic) bond motifs is 1. The fraction of sp³-hybridized carbons (Fsp3) is 0.407. The third-order valence-corrected chi connectivity index (χ3v) is 7.58. The molecule has 184 valence electrons. The minimum Gasteiger partial charge on any atom is -0.489 e. The van der Waals surface area contributed by atoms with Crippen molar-refractivity contribution in [2.24, 2.45) is 0 Å². The molecule has 2 amide bonds. The molecule has 8 heteroatoms. The quantitative estimate of drug-likeness (QED) is 0.486. The molecule has 0 saturated carbocycles. The van der Waals surface area contributed by atoms with Gasteiger partial charge in [0.1, 0.15) is 10.8 Å². The van der Waals surface area contributed by atoms with Crippen LogP contribution in [0.15, 0.2) is 42.6 Å². The summed E-state index contributed by atoms with van der Waals surface area (Å²) in [5.74, 6) is 0.842. The molecule has 2 N–H and O–H groups in total. The number of carbonyl (C=O) groups is 1. The van der Waals surface area contributed by atoms with Crippen LogP contribution in [0.4, 0.5) is 10.5 Å². The van der Waals surface area contributed by atoms with E-state index in [1.807, 2.05) is 38.1 Å². The topological polar surface area (TPSA) is 75.7 Å². The number of hydrogen-bond donors (Lipinski definition) is 2. The van der Waals surface area contributed by atoms with Gasteiger partial charge in [0, 0.05) is 31.9 Å². The van der Waals surface area contributed by atoms with E-state index >= 15 is 0 Å². The van der Waals surface area contributed by atoms with Crippen molar-refractivity contribution in [1.29, 1.82) is 0 Å².